The Bertz CT molecular complexity index is 2450. The molecule has 0 saturated heterocycles. The molecule has 6 nitrogen and oxygen atoms in total. The Hall–Kier alpha value is -5.62. The van der Waals surface area contributed by atoms with Crippen LogP contribution in [-0.2, 0) is 0 Å². The summed E-state index contributed by atoms with van der Waals surface area (Å²) in [6.07, 6.45) is 3.43. The van der Waals surface area contributed by atoms with Crippen LogP contribution in [0.5, 0.6) is 0 Å². The Morgan fingerprint density at radius 3 is 2.17 bits per heavy atom. The van der Waals surface area contributed by atoms with E-state index in [1.165, 1.54) is 5.39 Å². The minimum atomic E-state index is 0.651. The van der Waals surface area contributed by atoms with E-state index in [-0.39, 0.29) is 0 Å². The van der Waals surface area contributed by atoms with Gasteiger partial charge >= 0.3 is 0 Å². The normalized spacial score (nSPS) is 12.0. The highest BCUT2D eigenvalue weighted by Gasteiger charge is 2.22. The molecule has 0 bridgehead atoms. The van der Waals surface area contributed by atoms with Gasteiger partial charge in [0.2, 0.25) is 0 Å². The summed E-state index contributed by atoms with van der Waals surface area (Å²) in [5, 5.41) is 16.4. The molecule has 0 unspecified atom stereocenters. The third-order valence-electron chi connectivity index (χ3n) is 7.79. The van der Waals surface area contributed by atoms with Crippen molar-refractivity contribution >= 4 is 65.6 Å². The van der Waals surface area contributed by atoms with Crippen molar-refractivity contribution in [3.63, 3.8) is 0 Å². The van der Waals surface area contributed by atoms with Gasteiger partial charge in [-0.05, 0) is 41.1 Å². The minimum absolute atomic E-state index is 0.651. The molecule has 9 rings (SSSR count). The predicted octanol–water partition coefficient (Wildman–Crippen LogP) is 8.24. The van der Waals surface area contributed by atoms with Gasteiger partial charge in [0.25, 0.3) is 0 Å². The number of hydrogen-bond acceptors (Lipinski definition) is 5. The van der Waals surface area contributed by atoms with Gasteiger partial charge in [-0.2, -0.15) is 0 Å². The van der Waals surface area contributed by atoms with Crippen molar-refractivity contribution in [1.29, 1.82) is 0 Å². The lowest BCUT2D eigenvalue weighted by molar-refractivity contribution is 0.669. The topological polar surface area (TPSA) is 69.6 Å². The first-order valence-electron chi connectivity index (χ1n) is 13.2. The Morgan fingerprint density at radius 1 is 0.550 bits per heavy atom. The lowest BCUT2D eigenvalue weighted by atomic mass is 10.0. The summed E-state index contributed by atoms with van der Waals surface area (Å²) in [6, 6.07) is 35.4. The summed E-state index contributed by atoms with van der Waals surface area (Å²) < 4.78 is 8.32. The van der Waals surface area contributed by atoms with Gasteiger partial charge in [0, 0.05) is 39.5 Å². The van der Waals surface area contributed by atoms with Gasteiger partial charge in [0.15, 0.2) is 5.82 Å². The molecule has 9 aromatic rings. The van der Waals surface area contributed by atoms with E-state index in [0.717, 1.165) is 54.7 Å². The lowest BCUT2D eigenvalue weighted by Crippen LogP contribution is -2.04. The monoisotopic (exact) mass is 513 g/mol. The van der Waals surface area contributed by atoms with Gasteiger partial charge in [0.1, 0.15) is 27.9 Å². The highest BCUT2D eigenvalue weighted by Crippen LogP contribution is 2.39. The Kier molecular flexibility index (Phi) is 4.24. The van der Waals surface area contributed by atoms with E-state index in [1.54, 1.807) is 12.4 Å². The molecule has 0 fully saturated rings. The maximum Gasteiger partial charge on any atom is 0.188 e. The van der Waals surface area contributed by atoms with Crippen molar-refractivity contribution < 1.29 is 4.42 Å². The SMILES string of the molecule is c1ccc2cc3c(cc2c1)c1ccccc1n3-c1nnc(-c2cccc3oc4ccccc4c23)c2nccnc12. The summed E-state index contributed by atoms with van der Waals surface area (Å²) in [4.78, 5) is 9.62. The first-order valence-corrected chi connectivity index (χ1v) is 13.2. The van der Waals surface area contributed by atoms with E-state index in [0.29, 0.717) is 22.5 Å². The van der Waals surface area contributed by atoms with Crippen molar-refractivity contribution in [2.24, 2.45) is 0 Å². The van der Waals surface area contributed by atoms with E-state index in [2.05, 4.69) is 77.4 Å². The average Bonchev–Trinajstić information content (AvgIpc) is 3.55. The largest absolute Gasteiger partial charge is 0.456 e. The van der Waals surface area contributed by atoms with Gasteiger partial charge in [0.05, 0.1) is 11.0 Å². The second-order valence-corrected chi connectivity index (χ2v) is 9.97. The van der Waals surface area contributed by atoms with Crippen LogP contribution in [0.4, 0.5) is 0 Å². The molecule has 40 heavy (non-hydrogen) atoms. The zero-order valence-electron chi connectivity index (χ0n) is 21.1. The van der Waals surface area contributed by atoms with Crippen LogP contribution in [0.1, 0.15) is 0 Å². The molecule has 5 aromatic carbocycles. The summed E-state index contributed by atoms with van der Waals surface area (Å²) in [5.74, 6) is 0.651. The Morgan fingerprint density at radius 2 is 1.27 bits per heavy atom. The molecular weight excluding hydrogens is 494 g/mol. The van der Waals surface area contributed by atoms with Crippen molar-refractivity contribution in [3.05, 3.63) is 116 Å². The van der Waals surface area contributed by atoms with Crippen molar-refractivity contribution in [3.8, 4) is 17.1 Å². The van der Waals surface area contributed by atoms with Crippen LogP contribution >= 0.6 is 0 Å². The van der Waals surface area contributed by atoms with Gasteiger partial charge in [-0.1, -0.05) is 72.8 Å². The highest BCUT2D eigenvalue weighted by molar-refractivity contribution is 6.16. The number of rotatable bonds is 2. The Balaban J connectivity index is 1.39. The molecule has 0 aliphatic rings. The van der Waals surface area contributed by atoms with Crippen molar-refractivity contribution in [2.45, 2.75) is 0 Å². The number of para-hydroxylation sites is 2. The van der Waals surface area contributed by atoms with Gasteiger partial charge in [-0.3, -0.25) is 9.55 Å². The summed E-state index contributed by atoms with van der Waals surface area (Å²) >= 11 is 0. The highest BCUT2D eigenvalue weighted by atomic mass is 16.3. The number of fused-ring (bicyclic) bond motifs is 8. The fraction of sp³-hybridized carbons (Fsp3) is 0. The smallest absolute Gasteiger partial charge is 0.188 e. The molecule has 0 amide bonds. The van der Waals surface area contributed by atoms with Crippen LogP contribution in [0.25, 0.3) is 82.6 Å². The number of aromatic nitrogens is 5. The zero-order valence-corrected chi connectivity index (χ0v) is 21.1. The quantitative estimate of drug-likeness (QED) is 0.233. The fourth-order valence-electron chi connectivity index (χ4n) is 6.05. The summed E-state index contributed by atoms with van der Waals surface area (Å²) in [5.41, 5.74) is 6.71. The first-order chi connectivity index (χ1) is 19.8. The molecule has 0 atom stereocenters. The standard InChI is InChI=1S/C34H19N5O/c1-2-9-21-19-27-25(18-20(21)8-1)22-10-3-5-13-26(22)39(27)34-33-32(35-16-17-36-33)31(37-38-34)24-12-7-15-29-30(24)23-11-4-6-14-28(23)40-29/h1-19H. The van der Waals surface area contributed by atoms with E-state index in [9.17, 15) is 0 Å². The van der Waals surface area contributed by atoms with Crippen molar-refractivity contribution in [2.75, 3.05) is 0 Å². The number of benzene rings is 5. The molecule has 4 aromatic heterocycles. The first kappa shape index (κ1) is 21.3. The van der Waals surface area contributed by atoms with Crippen LogP contribution in [0, 0.1) is 0 Å². The molecule has 0 aliphatic heterocycles. The van der Waals surface area contributed by atoms with Crippen molar-refractivity contribution in [1.82, 2.24) is 24.7 Å². The maximum atomic E-state index is 6.15. The van der Waals surface area contributed by atoms with E-state index in [4.69, 9.17) is 24.6 Å². The molecule has 4 heterocycles. The average molecular weight is 514 g/mol. The number of nitrogens with zero attached hydrogens (tertiary/aromatic N) is 5. The van der Waals surface area contributed by atoms with Gasteiger partial charge < -0.3 is 4.42 Å². The number of furan rings is 1. The van der Waals surface area contributed by atoms with Crippen LogP contribution in [0.15, 0.2) is 120 Å². The molecule has 0 radical (unpaired) electrons. The molecular formula is C34H19N5O. The van der Waals surface area contributed by atoms with Gasteiger partial charge in [-0.15, -0.1) is 10.2 Å². The second kappa shape index (κ2) is 7.94. The molecule has 0 saturated carbocycles. The van der Waals surface area contributed by atoms with E-state index in [1.807, 2.05) is 30.3 Å². The van der Waals surface area contributed by atoms with E-state index < -0.39 is 0 Å². The van der Waals surface area contributed by atoms with E-state index >= 15 is 0 Å². The molecule has 0 N–H and O–H groups in total. The summed E-state index contributed by atoms with van der Waals surface area (Å²) in [6.45, 7) is 0. The third kappa shape index (κ3) is 2.87. The molecule has 0 spiro atoms. The maximum absolute atomic E-state index is 6.15. The predicted molar refractivity (Wildman–Crippen MR) is 160 cm³/mol. The fourth-order valence-corrected chi connectivity index (χ4v) is 6.05. The molecule has 186 valence electrons. The second-order valence-electron chi connectivity index (χ2n) is 9.97. The van der Waals surface area contributed by atoms with Crippen LogP contribution in [0.2, 0.25) is 0 Å². The molecule has 0 aliphatic carbocycles. The van der Waals surface area contributed by atoms with Gasteiger partial charge in [-0.25, -0.2) is 4.98 Å². The third-order valence-corrected chi connectivity index (χ3v) is 7.79. The van der Waals surface area contributed by atoms with Crippen LogP contribution in [-0.4, -0.2) is 24.7 Å². The molecule has 6 heteroatoms. The zero-order chi connectivity index (χ0) is 26.2. The van der Waals surface area contributed by atoms with Crippen LogP contribution in [0.3, 0.4) is 0 Å². The van der Waals surface area contributed by atoms with Crippen LogP contribution < -0.4 is 0 Å². The lowest BCUT2D eigenvalue weighted by Gasteiger charge is -2.12. The Labute approximate surface area is 227 Å². The number of hydrogen-bond donors (Lipinski definition) is 0. The summed E-state index contributed by atoms with van der Waals surface area (Å²) in [7, 11) is 0. The minimum Gasteiger partial charge on any atom is -0.456 e.